The number of hydrogen-bond acceptors (Lipinski definition) is 4. The highest BCUT2D eigenvalue weighted by Crippen LogP contribution is 2.24. The van der Waals surface area contributed by atoms with Crippen LogP contribution in [0, 0.1) is 12.8 Å². The number of likely N-dealkylation sites (tertiary alicyclic amines) is 1. The number of ether oxygens (including phenoxy) is 1. The normalized spacial score (nSPS) is 14.9. The standard InChI is InChI=1S/C26H33N3O4/c1-4-13-27-25(31)23(28-24(30)20-8-5-7-18(2)16-20)19-11-14-29(15-12-19)26(32)21-9-6-10-22(17-21)33-3/h5-10,16-17,19,23H,4,11-15H2,1-3H3,(H,27,31)(H,28,30)/t23-/m0/s1. The van der Waals surface area contributed by atoms with Crippen LogP contribution in [-0.2, 0) is 4.79 Å². The van der Waals surface area contributed by atoms with Gasteiger partial charge in [-0.25, -0.2) is 0 Å². The molecule has 0 saturated carbocycles. The Kier molecular flexibility index (Phi) is 8.46. The Hall–Kier alpha value is -3.35. The molecule has 176 valence electrons. The lowest BCUT2D eigenvalue weighted by Crippen LogP contribution is -2.54. The zero-order chi connectivity index (χ0) is 23.8. The fraction of sp³-hybridized carbons (Fsp3) is 0.423. The van der Waals surface area contributed by atoms with Crippen molar-refractivity contribution in [1.29, 1.82) is 0 Å². The van der Waals surface area contributed by atoms with Crippen LogP contribution >= 0.6 is 0 Å². The number of carbonyl (C=O) groups is 3. The Morgan fingerprint density at radius 3 is 2.42 bits per heavy atom. The average Bonchev–Trinajstić information content (AvgIpc) is 2.85. The summed E-state index contributed by atoms with van der Waals surface area (Å²) in [5.41, 5.74) is 2.10. The lowest BCUT2D eigenvalue weighted by atomic mass is 9.88. The van der Waals surface area contributed by atoms with E-state index in [2.05, 4.69) is 10.6 Å². The molecule has 0 aliphatic carbocycles. The fourth-order valence-electron chi connectivity index (χ4n) is 4.14. The Morgan fingerprint density at radius 1 is 1.06 bits per heavy atom. The van der Waals surface area contributed by atoms with Gasteiger partial charge in [-0.05, 0) is 62.4 Å². The maximum absolute atomic E-state index is 12.9. The van der Waals surface area contributed by atoms with Crippen LogP contribution in [0.2, 0.25) is 0 Å². The lowest BCUT2D eigenvalue weighted by Gasteiger charge is -2.36. The number of aryl methyl sites for hydroxylation is 1. The molecule has 0 unspecified atom stereocenters. The molecule has 7 nitrogen and oxygen atoms in total. The molecule has 33 heavy (non-hydrogen) atoms. The van der Waals surface area contributed by atoms with E-state index < -0.39 is 6.04 Å². The first kappa shape index (κ1) is 24.3. The van der Waals surface area contributed by atoms with Crippen LogP contribution in [0.15, 0.2) is 48.5 Å². The van der Waals surface area contributed by atoms with Crippen molar-refractivity contribution in [3.63, 3.8) is 0 Å². The molecule has 2 aromatic carbocycles. The van der Waals surface area contributed by atoms with Crippen LogP contribution in [0.5, 0.6) is 5.75 Å². The molecule has 1 aliphatic rings. The minimum absolute atomic E-state index is 0.0509. The van der Waals surface area contributed by atoms with Gasteiger partial charge in [0.25, 0.3) is 11.8 Å². The minimum Gasteiger partial charge on any atom is -0.497 e. The van der Waals surface area contributed by atoms with Crippen molar-refractivity contribution in [1.82, 2.24) is 15.5 Å². The molecular formula is C26H33N3O4. The first-order valence-electron chi connectivity index (χ1n) is 11.5. The molecule has 3 rings (SSSR count). The molecule has 1 aliphatic heterocycles. The molecule has 1 saturated heterocycles. The van der Waals surface area contributed by atoms with Crippen LogP contribution in [0.25, 0.3) is 0 Å². The van der Waals surface area contributed by atoms with E-state index in [4.69, 9.17) is 4.74 Å². The summed E-state index contributed by atoms with van der Waals surface area (Å²) in [6, 6.07) is 13.8. The van der Waals surface area contributed by atoms with Crippen LogP contribution in [0.4, 0.5) is 0 Å². The third kappa shape index (κ3) is 6.34. The van der Waals surface area contributed by atoms with Gasteiger partial charge in [0.05, 0.1) is 7.11 Å². The summed E-state index contributed by atoms with van der Waals surface area (Å²) in [5.74, 6) is 0.107. The molecule has 0 radical (unpaired) electrons. The molecule has 0 spiro atoms. The van der Waals surface area contributed by atoms with Gasteiger partial charge in [0.1, 0.15) is 11.8 Å². The molecule has 0 bridgehead atoms. The Balaban J connectivity index is 1.68. The lowest BCUT2D eigenvalue weighted by molar-refractivity contribution is -0.124. The van der Waals surface area contributed by atoms with Gasteiger partial charge in [-0.1, -0.05) is 30.7 Å². The summed E-state index contributed by atoms with van der Waals surface area (Å²) in [6.45, 7) is 5.53. The van der Waals surface area contributed by atoms with Crippen molar-refractivity contribution >= 4 is 17.7 Å². The van der Waals surface area contributed by atoms with Crippen LogP contribution in [0.1, 0.15) is 52.5 Å². The number of piperidine rings is 1. The second-order valence-electron chi connectivity index (χ2n) is 8.47. The van der Waals surface area contributed by atoms with Crippen LogP contribution in [0.3, 0.4) is 0 Å². The van der Waals surface area contributed by atoms with Crippen LogP contribution < -0.4 is 15.4 Å². The fourth-order valence-corrected chi connectivity index (χ4v) is 4.14. The highest BCUT2D eigenvalue weighted by atomic mass is 16.5. The predicted molar refractivity (Wildman–Crippen MR) is 127 cm³/mol. The van der Waals surface area contributed by atoms with Crippen molar-refractivity contribution in [2.24, 2.45) is 5.92 Å². The first-order valence-corrected chi connectivity index (χ1v) is 11.5. The number of rotatable bonds is 8. The SMILES string of the molecule is CCCNC(=O)[C@@H](NC(=O)c1cccc(C)c1)C1CCN(C(=O)c2cccc(OC)c2)CC1. The number of nitrogens with zero attached hydrogens (tertiary/aromatic N) is 1. The van der Waals surface area contributed by atoms with Crippen molar-refractivity contribution in [3.8, 4) is 5.75 Å². The highest BCUT2D eigenvalue weighted by molar-refractivity contribution is 5.98. The Morgan fingerprint density at radius 2 is 1.76 bits per heavy atom. The molecule has 2 aromatic rings. The maximum atomic E-state index is 12.9. The first-order chi connectivity index (χ1) is 15.9. The second kappa shape index (κ2) is 11.5. The molecule has 1 atom stereocenters. The summed E-state index contributed by atoms with van der Waals surface area (Å²) < 4.78 is 5.22. The van der Waals surface area contributed by atoms with E-state index in [0.717, 1.165) is 12.0 Å². The van der Waals surface area contributed by atoms with Gasteiger partial charge >= 0.3 is 0 Å². The van der Waals surface area contributed by atoms with E-state index in [9.17, 15) is 14.4 Å². The van der Waals surface area contributed by atoms with Gasteiger partial charge in [0, 0.05) is 30.8 Å². The van der Waals surface area contributed by atoms with E-state index in [-0.39, 0.29) is 23.6 Å². The quantitative estimate of drug-likeness (QED) is 0.645. The van der Waals surface area contributed by atoms with Crippen molar-refractivity contribution in [3.05, 3.63) is 65.2 Å². The summed E-state index contributed by atoms with van der Waals surface area (Å²) in [7, 11) is 1.57. The monoisotopic (exact) mass is 451 g/mol. The molecule has 1 heterocycles. The molecule has 1 fully saturated rings. The number of benzene rings is 2. The van der Waals surface area contributed by atoms with Crippen molar-refractivity contribution < 1.29 is 19.1 Å². The molecule has 0 aromatic heterocycles. The zero-order valence-corrected chi connectivity index (χ0v) is 19.6. The minimum atomic E-state index is -0.640. The van der Waals surface area contributed by atoms with E-state index in [1.165, 1.54) is 0 Å². The summed E-state index contributed by atoms with van der Waals surface area (Å²) in [6.07, 6.45) is 2.08. The number of carbonyl (C=O) groups excluding carboxylic acids is 3. The number of hydrogen-bond donors (Lipinski definition) is 2. The second-order valence-corrected chi connectivity index (χ2v) is 8.47. The Labute approximate surface area is 195 Å². The van der Waals surface area contributed by atoms with E-state index in [1.807, 2.05) is 32.0 Å². The van der Waals surface area contributed by atoms with Gasteiger partial charge in [-0.15, -0.1) is 0 Å². The van der Waals surface area contributed by atoms with E-state index in [0.29, 0.717) is 49.4 Å². The van der Waals surface area contributed by atoms with Gasteiger partial charge in [0.2, 0.25) is 5.91 Å². The van der Waals surface area contributed by atoms with Crippen molar-refractivity contribution in [2.75, 3.05) is 26.7 Å². The van der Waals surface area contributed by atoms with Gasteiger partial charge in [-0.2, -0.15) is 0 Å². The van der Waals surface area contributed by atoms with E-state index >= 15 is 0 Å². The number of methoxy groups -OCH3 is 1. The average molecular weight is 452 g/mol. The molecule has 2 N–H and O–H groups in total. The summed E-state index contributed by atoms with van der Waals surface area (Å²) >= 11 is 0. The summed E-state index contributed by atoms with van der Waals surface area (Å²) in [4.78, 5) is 40.5. The Bertz CT molecular complexity index is 983. The molecule has 7 heteroatoms. The molecule has 3 amide bonds. The topological polar surface area (TPSA) is 87.7 Å². The van der Waals surface area contributed by atoms with Gasteiger partial charge in [-0.3, -0.25) is 14.4 Å². The third-order valence-corrected chi connectivity index (χ3v) is 6.01. The van der Waals surface area contributed by atoms with E-state index in [1.54, 1.807) is 42.3 Å². The third-order valence-electron chi connectivity index (χ3n) is 6.01. The summed E-state index contributed by atoms with van der Waals surface area (Å²) in [5, 5.41) is 5.88. The van der Waals surface area contributed by atoms with Crippen LogP contribution in [-0.4, -0.2) is 55.4 Å². The number of amides is 3. The predicted octanol–water partition coefficient (Wildman–Crippen LogP) is 3.18. The zero-order valence-electron chi connectivity index (χ0n) is 19.6. The highest BCUT2D eigenvalue weighted by Gasteiger charge is 2.34. The maximum Gasteiger partial charge on any atom is 0.253 e. The largest absolute Gasteiger partial charge is 0.497 e. The van der Waals surface area contributed by atoms with Crippen molar-refractivity contribution in [2.45, 2.75) is 39.2 Å². The van der Waals surface area contributed by atoms with Gasteiger partial charge < -0.3 is 20.3 Å². The van der Waals surface area contributed by atoms with Gasteiger partial charge in [0.15, 0.2) is 0 Å². The number of nitrogens with one attached hydrogen (secondary N) is 2. The molecular weight excluding hydrogens is 418 g/mol. The smallest absolute Gasteiger partial charge is 0.253 e.